The normalized spacial score (nSPS) is 12.2. The van der Waals surface area contributed by atoms with E-state index in [2.05, 4.69) is 10.0 Å². The standard InChI is InChI=1S/C11H17N3O5S/c1-11(2,15)7-13-9-5-4-8(20(18,19)12-3)6-10(9)14(16)17/h4-6,12-13,15H,7H2,1-3H3. The molecule has 0 unspecified atom stereocenters. The first-order valence-electron chi connectivity index (χ1n) is 5.75. The minimum atomic E-state index is -3.75. The van der Waals surface area contributed by atoms with Gasteiger partial charge in [0, 0.05) is 12.6 Å². The van der Waals surface area contributed by atoms with Crippen LogP contribution >= 0.6 is 0 Å². The van der Waals surface area contributed by atoms with Crippen LogP contribution in [-0.4, -0.2) is 37.6 Å². The molecule has 0 radical (unpaired) electrons. The van der Waals surface area contributed by atoms with E-state index in [4.69, 9.17) is 0 Å². The molecule has 0 aromatic heterocycles. The van der Waals surface area contributed by atoms with Crippen molar-refractivity contribution < 1.29 is 18.4 Å². The number of nitro groups is 1. The van der Waals surface area contributed by atoms with Crippen molar-refractivity contribution in [2.45, 2.75) is 24.3 Å². The zero-order chi connectivity index (χ0) is 15.6. The molecule has 0 aliphatic rings. The van der Waals surface area contributed by atoms with Crippen LogP contribution < -0.4 is 10.0 Å². The van der Waals surface area contributed by atoms with Gasteiger partial charge in [0.25, 0.3) is 5.69 Å². The molecular weight excluding hydrogens is 286 g/mol. The molecule has 112 valence electrons. The lowest BCUT2D eigenvalue weighted by atomic mass is 10.1. The van der Waals surface area contributed by atoms with E-state index in [-0.39, 0.29) is 22.8 Å². The second-order valence-corrected chi connectivity index (χ2v) is 6.70. The Bertz CT molecular complexity index is 607. The number of anilines is 1. The monoisotopic (exact) mass is 303 g/mol. The number of nitrogens with one attached hydrogen (secondary N) is 2. The van der Waals surface area contributed by atoms with Crippen LogP contribution in [0.2, 0.25) is 0 Å². The number of sulfonamides is 1. The van der Waals surface area contributed by atoms with Crippen molar-refractivity contribution in [1.82, 2.24) is 4.72 Å². The van der Waals surface area contributed by atoms with Gasteiger partial charge in [-0.15, -0.1) is 0 Å². The number of nitro benzene ring substituents is 1. The zero-order valence-corrected chi connectivity index (χ0v) is 12.2. The van der Waals surface area contributed by atoms with E-state index in [1.165, 1.54) is 19.2 Å². The molecule has 0 atom stereocenters. The molecule has 0 fully saturated rings. The van der Waals surface area contributed by atoms with Crippen LogP contribution in [0.15, 0.2) is 23.1 Å². The average molecular weight is 303 g/mol. The van der Waals surface area contributed by atoms with Gasteiger partial charge in [0.1, 0.15) is 5.69 Å². The van der Waals surface area contributed by atoms with Crippen LogP contribution in [0, 0.1) is 10.1 Å². The maximum Gasteiger partial charge on any atom is 0.293 e. The minimum absolute atomic E-state index is 0.0893. The summed E-state index contributed by atoms with van der Waals surface area (Å²) in [5, 5.41) is 23.3. The maximum atomic E-state index is 11.6. The molecule has 3 N–H and O–H groups in total. The number of rotatable bonds is 6. The summed E-state index contributed by atoms with van der Waals surface area (Å²) in [6.45, 7) is 3.18. The predicted octanol–water partition coefficient (Wildman–Crippen LogP) is 0.686. The number of hydrogen-bond acceptors (Lipinski definition) is 6. The summed E-state index contributed by atoms with van der Waals surface area (Å²) < 4.78 is 25.3. The summed E-state index contributed by atoms with van der Waals surface area (Å²) in [6, 6.07) is 3.53. The summed E-state index contributed by atoms with van der Waals surface area (Å²) in [7, 11) is -2.52. The SMILES string of the molecule is CNS(=O)(=O)c1ccc(NCC(C)(C)O)c([N+](=O)[O-])c1. The Morgan fingerprint density at radius 1 is 1.40 bits per heavy atom. The Kier molecular flexibility index (Phi) is 4.69. The van der Waals surface area contributed by atoms with Crippen molar-refractivity contribution in [3.8, 4) is 0 Å². The van der Waals surface area contributed by atoms with Gasteiger partial charge in [-0.2, -0.15) is 0 Å². The average Bonchev–Trinajstić information content (AvgIpc) is 2.35. The molecule has 1 rings (SSSR count). The minimum Gasteiger partial charge on any atom is -0.389 e. The van der Waals surface area contributed by atoms with Gasteiger partial charge in [0.05, 0.1) is 15.4 Å². The van der Waals surface area contributed by atoms with Crippen LogP contribution in [-0.2, 0) is 10.0 Å². The molecular formula is C11H17N3O5S. The quantitative estimate of drug-likeness (QED) is 0.525. The number of nitrogens with zero attached hydrogens (tertiary/aromatic N) is 1. The van der Waals surface area contributed by atoms with Gasteiger partial charge in [-0.25, -0.2) is 13.1 Å². The number of benzene rings is 1. The van der Waals surface area contributed by atoms with Gasteiger partial charge >= 0.3 is 0 Å². The molecule has 1 aromatic rings. The van der Waals surface area contributed by atoms with E-state index in [9.17, 15) is 23.6 Å². The van der Waals surface area contributed by atoms with Crippen LogP contribution in [0.5, 0.6) is 0 Å². The van der Waals surface area contributed by atoms with E-state index >= 15 is 0 Å². The van der Waals surface area contributed by atoms with E-state index in [1.807, 2.05) is 0 Å². The summed E-state index contributed by atoms with van der Waals surface area (Å²) in [5.41, 5.74) is -1.28. The van der Waals surface area contributed by atoms with Gasteiger partial charge < -0.3 is 10.4 Å². The summed E-state index contributed by atoms with van der Waals surface area (Å²) in [4.78, 5) is 10.1. The first-order chi connectivity index (χ1) is 9.07. The fraction of sp³-hybridized carbons (Fsp3) is 0.455. The van der Waals surface area contributed by atoms with Crippen LogP contribution in [0.25, 0.3) is 0 Å². The fourth-order valence-corrected chi connectivity index (χ4v) is 2.16. The highest BCUT2D eigenvalue weighted by molar-refractivity contribution is 7.89. The Labute approximate surface area is 117 Å². The maximum absolute atomic E-state index is 11.6. The van der Waals surface area contributed by atoms with Gasteiger partial charge in [0.15, 0.2) is 0 Å². The third-order valence-electron chi connectivity index (χ3n) is 2.46. The zero-order valence-electron chi connectivity index (χ0n) is 11.4. The van der Waals surface area contributed by atoms with Crippen molar-refractivity contribution in [2.24, 2.45) is 0 Å². The van der Waals surface area contributed by atoms with Gasteiger partial charge in [-0.3, -0.25) is 10.1 Å². The van der Waals surface area contributed by atoms with E-state index < -0.39 is 20.5 Å². The van der Waals surface area contributed by atoms with Crippen LogP contribution in [0.1, 0.15) is 13.8 Å². The lowest BCUT2D eigenvalue weighted by Gasteiger charge is -2.18. The molecule has 0 saturated heterocycles. The van der Waals surface area contributed by atoms with Gasteiger partial charge in [-0.1, -0.05) is 0 Å². The third kappa shape index (κ3) is 4.15. The number of aliphatic hydroxyl groups is 1. The van der Waals surface area contributed by atoms with Crippen molar-refractivity contribution in [1.29, 1.82) is 0 Å². The van der Waals surface area contributed by atoms with Crippen molar-refractivity contribution in [3.05, 3.63) is 28.3 Å². The fourth-order valence-electron chi connectivity index (χ4n) is 1.41. The molecule has 8 nitrogen and oxygen atoms in total. The van der Waals surface area contributed by atoms with Crippen molar-refractivity contribution in [2.75, 3.05) is 18.9 Å². The van der Waals surface area contributed by atoms with E-state index in [0.717, 1.165) is 6.07 Å². The Hall–Kier alpha value is -1.71. The second-order valence-electron chi connectivity index (χ2n) is 4.81. The Morgan fingerprint density at radius 3 is 2.45 bits per heavy atom. The highest BCUT2D eigenvalue weighted by Gasteiger charge is 2.21. The van der Waals surface area contributed by atoms with Crippen molar-refractivity contribution in [3.63, 3.8) is 0 Å². The van der Waals surface area contributed by atoms with Crippen LogP contribution in [0.4, 0.5) is 11.4 Å². The Morgan fingerprint density at radius 2 is 2.00 bits per heavy atom. The first-order valence-corrected chi connectivity index (χ1v) is 7.23. The molecule has 0 aliphatic heterocycles. The molecule has 0 bridgehead atoms. The lowest BCUT2D eigenvalue weighted by Crippen LogP contribution is -2.29. The summed E-state index contributed by atoms with van der Waals surface area (Å²) in [5.74, 6) is 0. The largest absolute Gasteiger partial charge is 0.389 e. The summed E-state index contributed by atoms with van der Waals surface area (Å²) >= 11 is 0. The first kappa shape index (κ1) is 16.3. The molecule has 0 spiro atoms. The topological polar surface area (TPSA) is 122 Å². The van der Waals surface area contributed by atoms with Gasteiger partial charge in [-0.05, 0) is 33.0 Å². The molecule has 0 heterocycles. The molecule has 0 aliphatic carbocycles. The van der Waals surface area contributed by atoms with E-state index in [1.54, 1.807) is 13.8 Å². The lowest BCUT2D eigenvalue weighted by molar-refractivity contribution is -0.384. The molecule has 1 aromatic carbocycles. The molecule has 0 amide bonds. The molecule has 20 heavy (non-hydrogen) atoms. The van der Waals surface area contributed by atoms with E-state index in [0.29, 0.717) is 0 Å². The highest BCUT2D eigenvalue weighted by atomic mass is 32.2. The third-order valence-corrected chi connectivity index (χ3v) is 3.87. The predicted molar refractivity (Wildman–Crippen MR) is 74.1 cm³/mol. The van der Waals surface area contributed by atoms with Crippen molar-refractivity contribution >= 4 is 21.4 Å². The molecule has 9 heteroatoms. The van der Waals surface area contributed by atoms with Crippen LogP contribution in [0.3, 0.4) is 0 Å². The Balaban J connectivity index is 3.19. The molecule has 0 saturated carbocycles. The number of hydrogen-bond donors (Lipinski definition) is 3. The smallest absolute Gasteiger partial charge is 0.293 e. The second kappa shape index (κ2) is 5.73. The highest BCUT2D eigenvalue weighted by Crippen LogP contribution is 2.27. The summed E-state index contributed by atoms with van der Waals surface area (Å²) in [6.07, 6.45) is 0. The van der Waals surface area contributed by atoms with Gasteiger partial charge in [0.2, 0.25) is 10.0 Å².